The van der Waals surface area contributed by atoms with E-state index in [4.69, 9.17) is 18.9 Å². The molecule has 0 bridgehead atoms. The molecule has 1 unspecified atom stereocenters. The summed E-state index contributed by atoms with van der Waals surface area (Å²) < 4.78 is 21.7. The normalized spacial score (nSPS) is 11.2. The fourth-order valence-corrected chi connectivity index (χ4v) is 3.62. The van der Waals surface area contributed by atoms with Crippen LogP contribution in [0.5, 0.6) is 23.0 Å². The van der Waals surface area contributed by atoms with Crippen molar-refractivity contribution < 1.29 is 28.5 Å². The molecule has 0 aliphatic carbocycles. The van der Waals surface area contributed by atoms with Crippen LogP contribution in [0.1, 0.15) is 29.3 Å². The number of ether oxygens (including phenoxy) is 4. The molecule has 8 heteroatoms. The Morgan fingerprint density at radius 3 is 2.31 bits per heavy atom. The van der Waals surface area contributed by atoms with Gasteiger partial charge in [0.1, 0.15) is 11.5 Å². The highest BCUT2D eigenvalue weighted by Gasteiger charge is 2.21. The number of amides is 2. The lowest BCUT2D eigenvalue weighted by atomic mass is 10.1. The van der Waals surface area contributed by atoms with Crippen molar-refractivity contribution in [2.75, 3.05) is 33.2 Å². The molecular weight excluding hydrogens is 460 g/mol. The number of methoxy groups -OCH3 is 3. The fourth-order valence-electron chi connectivity index (χ4n) is 3.62. The van der Waals surface area contributed by atoms with E-state index in [1.54, 1.807) is 69.9 Å². The molecule has 3 aromatic rings. The average molecular weight is 493 g/mol. The van der Waals surface area contributed by atoms with Crippen molar-refractivity contribution in [2.45, 2.75) is 25.9 Å². The molecule has 8 nitrogen and oxygen atoms in total. The molecule has 0 saturated carbocycles. The van der Waals surface area contributed by atoms with Crippen LogP contribution in [0.2, 0.25) is 0 Å². The van der Waals surface area contributed by atoms with Crippen LogP contribution in [0.4, 0.5) is 5.69 Å². The van der Waals surface area contributed by atoms with Crippen LogP contribution in [0, 0.1) is 0 Å². The quantitative estimate of drug-likeness (QED) is 0.387. The molecule has 190 valence electrons. The Morgan fingerprint density at radius 1 is 0.833 bits per heavy atom. The fraction of sp³-hybridized carbons (Fsp3) is 0.286. The first-order chi connectivity index (χ1) is 17.5. The maximum absolute atomic E-state index is 13.0. The second-order valence-electron chi connectivity index (χ2n) is 7.92. The summed E-state index contributed by atoms with van der Waals surface area (Å²) in [6.45, 7) is 2.27. The Hall–Kier alpha value is -4.20. The minimum absolute atomic E-state index is 0.284. The topological polar surface area (TPSA) is 95.1 Å². The third kappa shape index (κ3) is 6.91. The van der Waals surface area contributed by atoms with E-state index in [2.05, 4.69) is 10.6 Å². The molecule has 3 aromatic carbocycles. The van der Waals surface area contributed by atoms with Gasteiger partial charge in [0, 0.05) is 12.6 Å². The molecule has 2 amide bonds. The highest BCUT2D eigenvalue weighted by molar-refractivity contribution is 6.04. The van der Waals surface area contributed by atoms with Gasteiger partial charge in [0.2, 0.25) is 0 Å². The monoisotopic (exact) mass is 492 g/mol. The summed E-state index contributed by atoms with van der Waals surface area (Å²) in [7, 11) is 4.74. The summed E-state index contributed by atoms with van der Waals surface area (Å²) in [6.07, 6.45) is 0.314. The SMILES string of the molecule is CCC(Oc1cccc(OC)c1)C(=O)Nc1ccccc1C(=O)NCCc1ccc(OC)c(OC)c1. The van der Waals surface area contributed by atoms with Crippen LogP contribution in [-0.2, 0) is 11.2 Å². The molecule has 0 aromatic heterocycles. The molecule has 2 N–H and O–H groups in total. The molecule has 1 atom stereocenters. The number of rotatable bonds is 12. The number of hydrogen-bond acceptors (Lipinski definition) is 6. The third-order valence-electron chi connectivity index (χ3n) is 5.56. The lowest BCUT2D eigenvalue weighted by Crippen LogP contribution is -2.33. The summed E-state index contributed by atoms with van der Waals surface area (Å²) in [6, 6.07) is 19.6. The zero-order chi connectivity index (χ0) is 25.9. The van der Waals surface area contributed by atoms with Gasteiger partial charge in [-0.15, -0.1) is 0 Å². The summed E-state index contributed by atoms with van der Waals surface area (Å²) in [4.78, 5) is 25.9. The van der Waals surface area contributed by atoms with Gasteiger partial charge in [-0.05, 0) is 54.8 Å². The molecule has 0 aliphatic rings. The Bertz CT molecular complexity index is 1180. The Morgan fingerprint density at radius 2 is 1.58 bits per heavy atom. The standard InChI is InChI=1S/C28H32N2O6/c1-5-24(36-21-10-8-9-20(18-21)33-2)28(32)30-23-12-7-6-11-22(23)27(31)29-16-15-19-13-14-25(34-3)26(17-19)35-4/h6-14,17-18,24H,5,15-16H2,1-4H3,(H,29,31)(H,30,32). The highest BCUT2D eigenvalue weighted by atomic mass is 16.5. The maximum Gasteiger partial charge on any atom is 0.265 e. The van der Waals surface area contributed by atoms with Crippen LogP contribution in [-0.4, -0.2) is 45.8 Å². The number of benzene rings is 3. The number of anilines is 1. The Kier molecular flexibility index (Phi) is 9.56. The van der Waals surface area contributed by atoms with Crippen molar-refractivity contribution in [3.63, 3.8) is 0 Å². The van der Waals surface area contributed by atoms with Crippen LogP contribution < -0.4 is 29.6 Å². The van der Waals surface area contributed by atoms with Crippen molar-refractivity contribution in [3.05, 3.63) is 77.9 Å². The number of carbonyl (C=O) groups excluding carboxylic acids is 2. The second-order valence-corrected chi connectivity index (χ2v) is 7.92. The summed E-state index contributed by atoms with van der Waals surface area (Å²) in [5.41, 5.74) is 1.78. The molecule has 0 spiro atoms. The van der Waals surface area contributed by atoms with Crippen molar-refractivity contribution in [1.29, 1.82) is 0 Å². The maximum atomic E-state index is 13.0. The number of carbonyl (C=O) groups is 2. The van der Waals surface area contributed by atoms with Gasteiger partial charge in [-0.25, -0.2) is 0 Å². The van der Waals surface area contributed by atoms with E-state index in [1.807, 2.05) is 25.1 Å². The Balaban J connectivity index is 1.62. The van der Waals surface area contributed by atoms with Crippen molar-refractivity contribution in [1.82, 2.24) is 5.32 Å². The first kappa shape index (κ1) is 26.4. The lowest BCUT2D eigenvalue weighted by Gasteiger charge is -2.19. The van der Waals surface area contributed by atoms with Crippen LogP contribution >= 0.6 is 0 Å². The molecule has 0 fully saturated rings. The zero-order valence-corrected chi connectivity index (χ0v) is 21.0. The number of nitrogens with one attached hydrogen (secondary N) is 2. The minimum atomic E-state index is -0.738. The lowest BCUT2D eigenvalue weighted by molar-refractivity contribution is -0.122. The molecular formula is C28H32N2O6. The summed E-state index contributed by atoms with van der Waals surface area (Å²) in [5, 5.41) is 5.76. The van der Waals surface area contributed by atoms with Gasteiger partial charge in [-0.1, -0.05) is 31.2 Å². The number of hydrogen-bond donors (Lipinski definition) is 2. The van der Waals surface area contributed by atoms with Gasteiger partial charge in [0.25, 0.3) is 11.8 Å². The van der Waals surface area contributed by atoms with E-state index in [9.17, 15) is 9.59 Å². The van der Waals surface area contributed by atoms with E-state index < -0.39 is 6.10 Å². The van der Waals surface area contributed by atoms with Crippen LogP contribution in [0.25, 0.3) is 0 Å². The highest BCUT2D eigenvalue weighted by Crippen LogP contribution is 2.27. The molecule has 3 rings (SSSR count). The van der Waals surface area contributed by atoms with Gasteiger partial charge < -0.3 is 29.6 Å². The van der Waals surface area contributed by atoms with Gasteiger partial charge >= 0.3 is 0 Å². The summed E-state index contributed by atoms with van der Waals surface area (Å²) in [5.74, 6) is 1.82. The first-order valence-electron chi connectivity index (χ1n) is 11.7. The Labute approximate surface area is 211 Å². The second kappa shape index (κ2) is 13.0. The van der Waals surface area contributed by atoms with Gasteiger partial charge in [-0.3, -0.25) is 9.59 Å². The third-order valence-corrected chi connectivity index (χ3v) is 5.56. The van der Waals surface area contributed by atoms with Crippen molar-refractivity contribution >= 4 is 17.5 Å². The van der Waals surface area contributed by atoms with Crippen molar-refractivity contribution in [2.24, 2.45) is 0 Å². The van der Waals surface area contributed by atoms with Crippen LogP contribution in [0.15, 0.2) is 66.7 Å². The van der Waals surface area contributed by atoms with E-state index in [0.29, 0.717) is 53.6 Å². The van der Waals surface area contributed by atoms with E-state index in [0.717, 1.165) is 5.56 Å². The minimum Gasteiger partial charge on any atom is -0.497 e. The zero-order valence-electron chi connectivity index (χ0n) is 21.0. The molecule has 0 saturated heterocycles. The number of para-hydroxylation sites is 1. The van der Waals surface area contributed by atoms with Gasteiger partial charge in [-0.2, -0.15) is 0 Å². The van der Waals surface area contributed by atoms with Crippen LogP contribution in [0.3, 0.4) is 0 Å². The molecule has 0 radical (unpaired) electrons. The largest absolute Gasteiger partial charge is 0.497 e. The first-order valence-corrected chi connectivity index (χ1v) is 11.7. The van der Waals surface area contributed by atoms with Gasteiger partial charge in [0.15, 0.2) is 17.6 Å². The smallest absolute Gasteiger partial charge is 0.265 e. The molecule has 36 heavy (non-hydrogen) atoms. The summed E-state index contributed by atoms with van der Waals surface area (Å²) >= 11 is 0. The molecule has 0 heterocycles. The van der Waals surface area contributed by atoms with E-state index in [-0.39, 0.29) is 11.8 Å². The predicted octanol–water partition coefficient (Wildman–Crippen LogP) is 4.48. The predicted molar refractivity (Wildman–Crippen MR) is 138 cm³/mol. The van der Waals surface area contributed by atoms with Crippen molar-refractivity contribution in [3.8, 4) is 23.0 Å². The van der Waals surface area contributed by atoms with E-state index in [1.165, 1.54) is 0 Å². The van der Waals surface area contributed by atoms with E-state index >= 15 is 0 Å². The van der Waals surface area contributed by atoms with Gasteiger partial charge in [0.05, 0.1) is 32.6 Å². The average Bonchev–Trinajstić information content (AvgIpc) is 2.91. The molecule has 0 aliphatic heterocycles.